The lowest BCUT2D eigenvalue weighted by Crippen LogP contribution is -2.35. The zero-order chi connectivity index (χ0) is 13.1. The largest absolute Gasteiger partial charge is 0.396 e. The number of anilines is 1. The van der Waals surface area contributed by atoms with Gasteiger partial charge in [0, 0.05) is 24.0 Å². The molecule has 0 aliphatic carbocycles. The molecule has 1 aromatic rings. The minimum atomic E-state index is 0.0593. The normalized spacial score (nSPS) is 13.5. The van der Waals surface area contributed by atoms with Gasteiger partial charge in [-0.15, -0.1) is 0 Å². The van der Waals surface area contributed by atoms with E-state index < -0.39 is 0 Å². The fraction of sp³-hybridized carbons (Fsp3) is 0.692. The Morgan fingerprint density at radius 1 is 1.24 bits per heavy atom. The van der Waals surface area contributed by atoms with E-state index in [-0.39, 0.29) is 18.1 Å². The van der Waals surface area contributed by atoms with Crippen LogP contribution in [0, 0.1) is 19.3 Å². The Morgan fingerprint density at radius 2 is 1.76 bits per heavy atom. The fourth-order valence-electron chi connectivity index (χ4n) is 1.80. The monoisotopic (exact) mass is 237 g/mol. The maximum atomic E-state index is 9.11. The van der Waals surface area contributed by atoms with Crippen LogP contribution < -0.4 is 5.32 Å². The number of aromatic nitrogens is 2. The third kappa shape index (κ3) is 4.30. The molecule has 0 aliphatic heterocycles. The topological polar surface area (TPSA) is 58.0 Å². The summed E-state index contributed by atoms with van der Waals surface area (Å²) < 4.78 is 0. The molecule has 0 amide bonds. The summed E-state index contributed by atoms with van der Waals surface area (Å²) in [4.78, 5) is 8.73. The predicted molar refractivity (Wildman–Crippen MR) is 70.1 cm³/mol. The van der Waals surface area contributed by atoms with E-state index in [1.807, 2.05) is 19.9 Å². The Kier molecular flexibility index (Phi) is 4.46. The molecular weight excluding hydrogens is 214 g/mol. The van der Waals surface area contributed by atoms with Gasteiger partial charge >= 0.3 is 0 Å². The van der Waals surface area contributed by atoms with Crippen molar-refractivity contribution in [3.63, 3.8) is 0 Å². The second-order valence-electron chi connectivity index (χ2n) is 5.55. The van der Waals surface area contributed by atoms with Crippen LogP contribution in [0.3, 0.4) is 0 Å². The van der Waals surface area contributed by atoms with Crippen LogP contribution >= 0.6 is 0 Å². The van der Waals surface area contributed by atoms with E-state index in [0.29, 0.717) is 12.4 Å². The summed E-state index contributed by atoms with van der Waals surface area (Å²) >= 11 is 0. The van der Waals surface area contributed by atoms with E-state index in [2.05, 4.69) is 36.1 Å². The van der Waals surface area contributed by atoms with Gasteiger partial charge in [0.05, 0.1) is 0 Å². The Hall–Kier alpha value is -1.16. The third-order valence-electron chi connectivity index (χ3n) is 2.75. The van der Waals surface area contributed by atoms with Gasteiger partial charge in [-0.3, -0.25) is 0 Å². The molecule has 96 valence electrons. The molecule has 1 atom stereocenters. The molecular formula is C13H23N3O. The van der Waals surface area contributed by atoms with Crippen LogP contribution in [0.25, 0.3) is 0 Å². The molecule has 0 spiro atoms. The first-order chi connectivity index (χ1) is 7.82. The van der Waals surface area contributed by atoms with Crippen molar-refractivity contribution in [1.82, 2.24) is 9.97 Å². The summed E-state index contributed by atoms with van der Waals surface area (Å²) in [6.45, 7) is 10.5. The van der Waals surface area contributed by atoms with Crippen molar-refractivity contribution in [2.75, 3.05) is 11.9 Å². The average molecular weight is 237 g/mol. The highest BCUT2D eigenvalue weighted by molar-refractivity contribution is 5.29. The first kappa shape index (κ1) is 13.9. The number of hydrogen-bond acceptors (Lipinski definition) is 4. The Labute approximate surface area is 103 Å². The van der Waals surface area contributed by atoms with Crippen molar-refractivity contribution in [1.29, 1.82) is 0 Å². The zero-order valence-corrected chi connectivity index (χ0v) is 11.4. The summed E-state index contributed by atoms with van der Waals surface area (Å²) in [5, 5.41) is 12.4. The minimum absolute atomic E-state index is 0.0593. The van der Waals surface area contributed by atoms with E-state index >= 15 is 0 Å². The molecule has 4 heteroatoms. The first-order valence-corrected chi connectivity index (χ1v) is 6.02. The number of hydrogen-bond donors (Lipinski definition) is 2. The number of rotatable bonds is 4. The molecule has 1 heterocycles. The van der Waals surface area contributed by atoms with Crippen LogP contribution in [0.5, 0.6) is 0 Å². The third-order valence-corrected chi connectivity index (χ3v) is 2.75. The molecule has 0 fully saturated rings. The van der Waals surface area contributed by atoms with Gasteiger partial charge in [-0.05, 0) is 31.7 Å². The maximum absolute atomic E-state index is 9.11. The Morgan fingerprint density at radius 3 is 2.18 bits per heavy atom. The van der Waals surface area contributed by atoms with Gasteiger partial charge in [0.1, 0.15) is 0 Å². The Bertz CT molecular complexity index is 351. The highest BCUT2D eigenvalue weighted by atomic mass is 16.3. The fourth-order valence-corrected chi connectivity index (χ4v) is 1.80. The summed E-state index contributed by atoms with van der Waals surface area (Å²) in [5.74, 6) is 0.649. The van der Waals surface area contributed by atoms with Gasteiger partial charge in [-0.2, -0.15) is 0 Å². The van der Waals surface area contributed by atoms with Crippen molar-refractivity contribution in [2.24, 2.45) is 5.41 Å². The van der Waals surface area contributed by atoms with Crippen molar-refractivity contribution in [3.05, 3.63) is 17.5 Å². The quantitative estimate of drug-likeness (QED) is 0.843. The molecule has 1 aromatic heterocycles. The van der Waals surface area contributed by atoms with E-state index in [4.69, 9.17) is 5.11 Å². The van der Waals surface area contributed by atoms with Gasteiger partial charge in [0.25, 0.3) is 0 Å². The molecule has 0 aromatic carbocycles. The van der Waals surface area contributed by atoms with Crippen molar-refractivity contribution in [3.8, 4) is 0 Å². The van der Waals surface area contributed by atoms with Crippen molar-refractivity contribution < 1.29 is 5.11 Å². The number of nitrogens with zero attached hydrogens (tertiary/aromatic N) is 2. The lowest BCUT2D eigenvalue weighted by Gasteiger charge is -2.31. The van der Waals surface area contributed by atoms with Crippen molar-refractivity contribution in [2.45, 2.75) is 47.1 Å². The molecule has 1 unspecified atom stereocenters. The van der Waals surface area contributed by atoms with E-state index in [1.54, 1.807) is 0 Å². The van der Waals surface area contributed by atoms with Crippen LogP contribution in [0.4, 0.5) is 5.95 Å². The predicted octanol–water partition coefficient (Wildman–Crippen LogP) is 2.30. The molecule has 0 saturated carbocycles. The molecule has 0 bridgehead atoms. The second kappa shape index (κ2) is 5.45. The smallest absolute Gasteiger partial charge is 0.223 e. The maximum Gasteiger partial charge on any atom is 0.223 e. The number of aliphatic hydroxyl groups is 1. The van der Waals surface area contributed by atoms with Crippen LogP contribution in [0.2, 0.25) is 0 Å². The molecule has 0 radical (unpaired) electrons. The summed E-state index contributed by atoms with van der Waals surface area (Å²) in [6, 6.07) is 2.11. The molecule has 2 N–H and O–H groups in total. The molecule has 0 saturated heterocycles. The SMILES string of the molecule is Cc1cc(C)nc(NC(CCO)C(C)(C)C)n1. The second-order valence-corrected chi connectivity index (χ2v) is 5.55. The number of aliphatic hydroxyl groups excluding tert-OH is 1. The summed E-state index contributed by atoms with van der Waals surface area (Å²) in [6.07, 6.45) is 0.694. The van der Waals surface area contributed by atoms with Gasteiger partial charge in [0.2, 0.25) is 5.95 Å². The van der Waals surface area contributed by atoms with Crippen LogP contribution in [0.15, 0.2) is 6.07 Å². The molecule has 4 nitrogen and oxygen atoms in total. The lowest BCUT2D eigenvalue weighted by atomic mass is 9.85. The van der Waals surface area contributed by atoms with Gasteiger partial charge in [-0.25, -0.2) is 9.97 Å². The first-order valence-electron chi connectivity index (χ1n) is 6.02. The highest BCUT2D eigenvalue weighted by Crippen LogP contribution is 2.24. The summed E-state index contributed by atoms with van der Waals surface area (Å²) in [7, 11) is 0. The molecule has 17 heavy (non-hydrogen) atoms. The van der Waals surface area contributed by atoms with Crippen LogP contribution in [0.1, 0.15) is 38.6 Å². The van der Waals surface area contributed by atoms with Gasteiger partial charge in [-0.1, -0.05) is 20.8 Å². The van der Waals surface area contributed by atoms with Gasteiger partial charge in [0.15, 0.2) is 0 Å². The zero-order valence-electron chi connectivity index (χ0n) is 11.4. The highest BCUT2D eigenvalue weighted by Gasteiger charge is 2.24. The average Bonchev–Trinajstić information content (AvgIpc) is 2.13. The van der Waals surface area contributed by atoms with Crippen LogP contribution in [-0.2, 0) is 0 Å². The molecule has 1 rings (SSSR count). The summed E-state index contributed by atoms with van der Waals surface area (Å²) in [5.41, 5.74) is 1.97. The van der Waals surface area contributed by atoms with Crippen LogP contribution in [-0.4, -0.2) is 27.7 Å². The number of nitrogens with one attached hydrogen (secondary N) is 1. The Balaban J connectivity index is 2.86. The van der Waals surface area contributed by atoms with E-state index in [9.17, 15) is 0 Å². The minimum Gasteiger partial charge on any atom is -0.396 e. The van der Waals surface area contributed by atoms with E-state index in [0.717, 1.165) is 11.4 Å². The lowest BCUT2D eigenvalue weighted by molar-refractivity contribution is 0.235. The van der Waals surface area contributed by atoms with Crippen molar-refractivity contribution >= 4 is 5.95 Å². The standard InChI is InChI=1S/C13H23N3O/c1-9-8-10(2)15-12(14-9)16-11(6-7-17)13(3,4)5/h8,11,17H,6-7H2,1-5H3,(H,14,15,16). The molecule has 0 aliphatic rings. The van der Waals surface area contributed by atoms with Gasteiger partial charge < -0.3 is 10.4 Å². The number of aryl methyl sites for hydroxylation is 2. The van der Waals surface area contributed by atoms with E-state index in [1.165, 1.54) is 0 Å².